The van der Waals surface area contributed by atoms with Gasteiger partial charge in [0.05, 0.1) is 11.7 Å². The van der Waals surface area contributed by atoms with Gasteiger partial charge in [-0.1, -0.05) is 30.7 Å². The van der Waals surface area contributed by atoms with E-state index in [1.54, 1.807) is 0 Å². The fourth-order valence-corrected chi connectivity index (χ4v) is 2.38. The lowest BCUT2D eigenvalue weighted by atomic mass is 10.0. The van der Waals surface area contributed by atoms with Gasteiger partial charge in [-0.05, 0) is 61.7 Å². The number of benzene rings is 1. The number of hydrogen-bond acceptors (Lipinski definition) is 2. The van der Waals surface area contributed by atoms with Gasteiger partial charge < -0.3 is 5.32 Å². The molecule has 0 amide bonds. The molecular formula is C17H21ClN2. The van der Waals surface area contributed by atoms with Crippen LogP contribution in [0.4, 0.5) is 0 Å². The van der Waals surface area contributed by atoms with Crippen molar-refractivity contribution in [1.29, 1.82) is 0 Å². The molecule has 0 spiro atoms. The van der Waals surface area contributed by atoms with Crippen LogP contribution < -0.4 is 5.32 Å². The highest BCUT2D eigenvalue weighted by molar-refractivity contribution is 6.31. The van der Waals surface area contributed by atoms with Gasteiger partial charge in [0.2, 0.25) is 0 Å². The number of halogens is 1. The van der Waals surface area contributed by atoms with Gasteiger partial charge in [-0.15, -0.1) is 0 Å². The van der Waals surface area contributed by atoms with Crippen LogP contribution in [0, 0.1) is 13.8 Å². The molecule has 2 aromatic rings. The zero-order valence-corrected chi connectivity index (χ0v) is 13.0. The normalized spacial score (nSPS) is 12.4. The van der Waals surface area contributed by atoms with Gasteiger partial charge in [0.25, 0.3) is 0 Å². The summed E-state index contributed by atoms with van der Waals surface area (Å²) in [6.07, 6.45) is 2.95. The van der Waals surface area contributed by atoms with Crippen LogP contribution in [-0.4, -0.2) is 11.5 Å². The van der Waals surface area contributed by atoms with Gasteiger partial charge in [0.1, 0.15) is 0 Å². The van der Waals surface area contributed by atoms with Crippen LogP contribution in [0.25, 0.3) is 0 Å². The molecule has 0 bridgehead atoms. The topological polar surface area (TPSA) is 24.9 Å². The second kappa shape index (κ2) is 6.87. The first-order chi connectivity index (χ1) is 9.61. The van der Waals surface area contributed by atoms with E-state index in [0.29, 0.717) is 0 Å². The molecule has 1 aromatic carbocycles. The van der Waals surface area contributed by atoms with Crippen LogP contribution in [0.5, 0.6) is 0 Å². The molecule has 106 valence electrons. The zero-order chi connectivity index (χ0) is 14.5. The van der Waals surface area contributed by atoms with Gasteiger partial charge >= 0.3 is 0 Å². The minimum Gasteiger partial charge on any atom is -0.305 e. The van der Waals surface area contributed by atoms with Crippen molar-refractivity contribution in [2.45, 2.75) is 33.2 Å². The van der Waals surface area contributed by atoms with E-state index in [1.165, 1.54) is 5.56 Å². The first-order valence-corrected chi connectivity index (χ1v) is 7.41. The number of hydrogen-bond donors (Lipinski definition) is 1. The molecule has 1 unspecified atom stereocenters. The molecule has 2 rings (SSSR count). The zero-order valence-electron chi connectivity index (χ0n) is 12.3. The van der Waals surface area contributed by atoms with E-state index in [2.05, 4.69) is 42.3 Å². The Kier molecular flexibility index (Phi) is 5.16. The highest BCUT2D eigenvalue weighted by Gasteiger charge is 2.15. The summed E-state index contributed by atoms with van der Waals surface area (Å²) in [5.41, 5.74) is 4.52. The standard InChI is InChI=1S/C17H21ClN2/c1-4-8-20-17(16-10-12(2)7-9-19-16)14-6-5-13(3)15(18)11-14/h5-7,9-11,17,20H,4,8H2,1-3H3. The number of rotatable bonds is 5. The van der Waals surface area contributed by atoms with Crippen molar-refractivity contribution in [2.24, 2.45) is 0 Å². The summed E-state index contributed by atoms with van der Waals surface area (Å²) in [6.45, 7) is 7.22. The molecule has 1 atom stereocenters. The molecule has 3 heteroatoms. The molecule has 0 aliphatic carbocycles. The summed E-state index contributed by atoms with van der Waals surface area (Å²) >= 11 is 6.26. The highest BCUT2D eigenvalue weighted by Crippen LogP contribution is 2.25. The van der Waals surface area contributed by atoms with Crippen LogP contribution in [0.15, 0.2) is 36.5 Å². The maximum absolute atomic E-state index is 6.26. The van der Waals surface area contributed by atoms with Crippen molar-refractivity contribution < 1.29 is 0 Å². The first-order valence-electron chi connectivity index (χ1n) is 7.03. The van der Waals surface area contributed by atoms with Crippen molar-refractivity contribution in [3.63, 3.8) is 0 Å². The van der Waals surface area contributed by atoms with E-state index in [0.717, 1.165) is 34.8 Å². The summed E-state index contributed by atoms with van der Waals surface area (Å²) in [7, 11) is 0. The smallest absolute Gasteiger partial charge is 0.0752 e. The molecular weight excluding hydrogens is 268 g/mol. The predicted octanol–water partition coefficient (Wildman–Crippen LogP) is 4.44. The molecule has 1 heterocycles. The Morgan fingerprint density at radius 1 is 1.20 bits per heavy atom. The molecule has 1 N–H and O–H groups in total. The van der Waals surface area contributed by atoms with Gasteiger partial charge in [-0.25, -0.2) is 0 Å². The maximum atomic E-state index is 6.26. The van der Waals surface area contributed by atoms with Gasteiger partial charge in [-0.2, -0.15) is 0 Å². The van der Waals surface area contributed by atoms with Crippen molar-refractivity contribution in [1.82, 2.24) is 10.3 Å². The Bertz CT molecular complexity index is 581. The molecule has 20 heavy (non-hydrogen) atoms. The minimum absolute atomic E-state index is 0.0907. The highest BCUT2D eigenvalue weighted by atomic mass is 35.5. The molecule has 0 aliphatic heterocycles. The third-order valence-electron chi connectivity index (χ3n) is 3.36. The SMILES string of the molecule is CCCNC(c1ccc(C)c(Cl)c1)c1cc(C)ccn1. The monoisotopic (exact) mass is 288 g/mol. The lowest BCUT2D eigenvalue weighted by Crippen LogP contribution is -2.24. The van der Waals surface area contributed by atoms with Gasteiger partial charge in [-0.3, -0.25) is 4.98 Å². The quantitative estimate of drug-likeness (QED) is 0.880. The summed E-state index contributed by atoms with van der Waals surface area (Å²) in [5.74, 6) is 0. The van der Waals surface area contributed by atoms with Crippen molar-refractivity contribution >= 4 is 11.6 Å². The fraction of sp³-hybridized carbons (Fsp3) is 0.353. The number of pyridine rings is 1. The molecule has 0 fully saturated rings. The summed E-state index contributed by atoms with van der Waals surface area (Å²) in [6, 6.07) is 10.5. The lowest BCUT2D eigenvalue weighted by molar-refractivity contribution is 0.586. The fourth-order valence-electron chi connectivity index (χ4n) is 2.19. The molecule has 1 aromatic heterocycles. The predicted molar refractivity (Wildman–Crippen MR) is 85.3 cm³/mol. The molecule has 0 aliphatic rings. The largest absolute Gasteiger partial charge is 0.305 e. The van der Waals surface area contributed by atoms with Crippen molar-refractivity contribution in [2.75, 3.05) is 6.54 Å². The average molecular weight is 289 g/mol. The third kappa shape index (κ3) is 3.59. The van der Waals surface area contributed by atoms with E-state index in [-0.39, 0.29) is 6.04 Å². The summed E-state index contributed by atoms with van der Waals surface area (Å²) in [5, 5.41) is 4.36. The maximum Gasteiger partial charge on any atom is 0.0752 e. The number of nitrogens with zero attached hydrogens (tertiary/aromatic N) is 1. The Labute approximate surface area is 126 Å². The molecule has 2 nitrogen and oxygen atoms in total. The van der Waals surface area contributed by atoms with E-state index in [9.17, 15) is 0 Å². The third-order valence-corrected chi connectivity index (χ3v) is 3.77. The van der Waals surface area contributed by atoms with E-state index in [1.807, 2.05) is 25.3 Å². The van der Waals surface area contributed by atoms with Crippen LogP contribution in [0.3, 0.4) is 0 Å². The Hall–Kier alpha value is -1.38. The van der Waals surface area contributed by atoms with Crippen molar-refractivity contribution in [3.8, 4) is 0 Å². The van der Waals surface area contributed by atoms with Gasteiger partial charge in [0, 0.05) is 11.2 Å². The van der Waals surface area contributed by atoms with Gasteiger partial charge in [0.15, 0.2) is 0 Å². The summed E-state index contributed by atoms with van der Waals surface area (Å²) < 4.78 is 0. The summed E-state index contributed by atoms with van der Waals surface area (Å²) in [4.78, 5) is 4.52. The second-order valence-corrected chi connectivity index (χ2v) is 5.56. The van der Waals surface area contributed by atoms with Crippen molar-refractivity contribution in [3.05, 3.63) is 63.9 Å². The second-order valence-electron chi connectivity index (χ2n) is 5.15. The van der Waals surface area contributed by atoms with Crippen LogP contribution in [-0.2, 0) is 0 Å². The van der Waals surface area contributed by atoms with Crippen LogP contribution in [0.1, 0.15) is 41.8 Å². The number of nitrogens with one attached hydrogen (secondary N) is 1. The minimum atomic E-state index is 0.0907. The Balaban J connectivity index is 2.38. The first kappa shape index (κ1) is 15.0. The average Bonchev–Trinajstić information content (AvgIpc) is 2.43. The van der Waals surface area contributed by atoms with Crippen LogP contribution in [0.2, 0.25) is 5.02 Å². The van der Waals surface area contributed by atoms with E-state index >= 15 is 0 Å². The molecule has 0 saturated carbocycles. The lowest BCUT2D eigenvalue weighted by Gasteiger charge is -2.19. The Morgan fingerprint density at radius 2 is 2.00 bits per heavy atom. The Morgan fingerprint density at radius 3 is 2.65 bits per heavy atom. The van der Waals surface area contributed by atoms with Crippen LogP contribution >= 0.6 is 11.6 Å². The molecule has 0 saturated heterocycles. The molecule has 0 radical (unpaired) electrons. The number of aromatic nitrogens is 1. The van der Waals surface area contributed by atoms with E-state index in [4.69, 9.17) is 11.6 Å². The number of aryl methyl sites for hydroxylation is 2. The van der Waals surface area contributed by atoms with E-state index < -0.39 is 0 Å².